The zero-order chi connectivity index (χ0) is 34.5. The van der Waals surface area contributed by atoms with Gasteiger partial charge >= 0.3 is 11.9 Å². The van der Waals surface area contributed by atoms with Gasteiger partial charge in [-0.1, -0.05) is 26.0 Å². The quantitative estimate of drug-likeness (QED) is 0.127. The van der Waals surface area contributed by atoms with E-state index in [1.807, 2.05) is 13.8 Å². The minimum Gasteiger partial charge on any atom is -0.481 e. The molecule has 13 nitrogen and oxygen atoms in total. The fourth-order valence-corrected chi connectivity index (χ4v) is 6.23. The number of carbonyl (C=O) groups excluding carboxylic acids is 4. The summed E-state index contributed by atoms with van der Waals surface area (Å²) in [6.45, 7) is 10.4. The summed E-state index contributed by atoms with van der Waals surface area (Å²) in [5.74, 6) is -5.87. The number of carboxylic acids is 2. The first-order valence-electron chi connectivity index (χ1n) is 14.7. The van der Waals surface area contributed by atoms with Gasteiger partial charge in [-0.2, -0.15) is 11.8 Å². The highest BCUT2D eigenvalue weighted by molar-refractivity contribution is 8.00. The number of carboxylic acid groups (broad SMARTS) is 2. The van der Waals surface area contributed by atoms with Gasteiger partial charge in [0.2, 0.25) is 11.8 Å². The molecule has 0 aromatic heterocycles. The van der Waals surface area contributed by atoms with Gasteiger partial charge in [0, 0.05) is 41.7 Å². The van der Waals surface area contributed by atoms with Gasteiger partial charge in [0.05, 0.1) is 11.0 Å². The van der Waals surface area contributed by atoms with E-state index in [4.69, 9.17) is 10.2 Å². The van der Waals surface area contributed by atoms with Crippen LogP contribution in [-0.4, -0.2) is 94.2 Å². The van der Waals surface area contributed by atoms with E-state index in [9.17, 15) is 37.2 Å². The number of hydrogen-bond acceptors (Lipinski definition) is 9. The predicted molar refractivity (Wildman–Crippen MR) is 171 cm³/mol. The van der Waals surface area contributed by atoms with Gasteiger partial charge in [0.1, 0.15) is 12.1 Å². The Kier molecular flexibility index (Phi) is 16.3. The van der Waals surface area contributed by atoms with Gasteiger partial charge in [0.25, 0.3) is 5.91 Å². The lowest BCUT2D eigenvalue weighted by Crippen LogP contribution is -2.54. The number of thioether (sulfide) groups is 1. The fourth-order valence-electron chi connectivity index (χ4n) is 3.97. The van der Waals surface area contributed by atoms with E-state index in [0.29, 0.717) is 5.75 Å². The lowest BCUT2D eigenvalue weighted by molar-refractivity contribution is -0.139. The molecular formula is C30H45N3O10S2. The third-order valence-electron chi connectivity index (χ3n) is 6.56. The standard InChI is InChI=1S/C30H45N3O10S2/c1-17(2)31-29(40)23(11-13-25(34)35)33-30(41)24(12-14-26(36)37)32-28(39)21-9-7-20(8-10-21)27(38)22(15-44-18(3)4)16-45(42,43)19(5)6/h7-10,17-19,22-24H,11-16H2,1-6H3,(H,31,40)(H,32,39)(H,33,41)(H,34,35)(H,36,37)/t22?,23?,24-/m0/s1. The summed E-state index contributed by atoms with van der Waals surface area (Å²) in [6, 6.07) is 2.52. The van der Waals surface area contributed by atoms with Crippen molar-refractivity contribution in [3.63, 3.8) is 0 Å². The number of hydrogen-bond donors (Lipinski definition) is 5. The molecule has 2 unspecified atom stereocenters. The zero-order valence-corrected chi connectivity index (χ0v) is 28.1. The van der Waals surface area contributed by atoms with E-state index >= 15 is 0 Å². The minimum atomic E-state index is -3.51. The van der Waals surface area contributed by atoms with Crippen LogP contribution in [0.2, 0.25) is 0 Å². The summed E-state index contributed by atoms with van der Waals surface area (Å²) in [5.41, 5.74) is 0.250. The smallest absolute Gasteiger partial charge is 0.303 e. The van der Waals surface area contributed by atoms with Crippen LogP contribution in [0.25, 0.3) is 0 Å². The number of sulfone groups is 1. The van der Waals surface area contributed by atoms with Crippen molar-refractivity contribution in [2.24, 2.45) is 5.92 Å². The summed E-state index contributed by atoms with van der Waals surface area (Å²) in [6.07, 6.45) is -1.46. The Bertz CT molecular complexity index is 1310. The largest absolute Gasteiger partial charge is 0.481 e. The first kappa shape index (κ1) is 39.6. The molecule has 3 atom stereocenters. The Labute approximate surface area is 268 Å². The molecule has 15 heteroatoms. The number of amides is 3. The number of Topliss-reactive ketones (excluding diaryl/α,β-unsaturated/α-hetero) is 1. The highest BCUT2D eigenvalue weighted by atomic mass is 32.2. The van der Waals surface area contributed by atoms with Crippen LogP contribution >= 0.6 is 11.8 Å². The number of ketones is 1. The van der Waals surface area contributed by atoms with E-state index in [1.54, 1.807) is 27.7 Å². The van der Waals surface area contributed by atoms with Crippen LogP contribution in [0.4, 0.5) is 0 Å². The van der Waals surface area contributed by atoms with Crippen molar-refractivity contribution in [2.45, 2.75) is 95.9 Å². The molecule has 252 valence electrons. The van der Waals surface area contributed by atoms with Crippen LogP contribution in [0.1, 0.15) is 87.9 Å². The number of carbonyl (C=O) groups is 6. The van der Waals surface area contributed by atoms with Crippen LogP contribution in [0.5, 0.6) is 0 Å². The van der Waals surface area contributed by atoms with Crippen molar-refractivity contribution in [1.29, 1.82) is 0 Å². The average Bonchev–Trinajstić information content (AvgIpc) is 2.94. The SMILES string of the molecule is CC(C)NC(=O)C(CCC(=O)O)NC(=O)[C@H](CCC(=O)O)NC(=O)c1ccc(C(=O)C(CSC(C)C)CS(=O)(=O)C(C)C)cc1. The Morgan fingerprint density at radius 3 is 1.64 bits per heavy atom. The van der Waals surface area contributed by atoms with Gasteiger partial charge in [-0.25, -0.2) is 8.42 Å². The molecule has 0 aliphatic heterocycles. The molecule has 0 radical (unpaired) electrons. The second-order valence-electron chi connectivity index (χ2n) is 11.5. The summed E-state index contributed by atoms with van der Waals surface area (Å²) in [5, 5.41) is 25.2. The summed E-state index contributed by atoms with van der Waals surface area (Å²) in [4.78, 5) is 74.4. The van der Waals surface area contributed by atoms with Crippen molar-refractivity contribution >= 4 is 57.0 Å². The van der Waals surface area contributed by atoms with Crippen LogP contribution in [0.15, 0.2) is 24.3 Å². The first-order valence-corrected chi connectivity index (χ1v) is 17.4. The van der Waals surface area contributed by atoms with Gasteiger partial charge in [0.15, 0.2) is 15.6 Å². The summed E-state index contributed by atoms with van der Waals surface area (Å²) >= 11 is 1.47. The Hall–Kier alpha value is -3.46. The van der Waals surface area contributed by atoms with E-state index < -0.39 is 75.6 Å². The maximum atomic E-state index is 13.3. The fraction of sp³-hybridized carbons (Fsp3) is 0.600. The molecule has 1 aromatic carbocycles. The second-order valence-corrected chi connectivity index (χ2v) is 15.7. The predicted octanol–water partition coefficient (Wildman–Crippen LogP) is 2.29. The number of aliphatic carboxylic acids is 2. The molecule has 0 bridgehead atoms. The zero-order valence-electron chi connectivity index (χ0n) is 26.5. The van der Waals surface area contributed by atoms with Gasteiger partial charge in [-0.05, 0) is 57.9 Å². The number of nitrogens with one attached hydrogen (secondary N) is 3. The highest BCUT2D eigenvalue weighted by Crippen LogP contribution is 2.22. The molecule has 0 saturated carbocycles. The molecule has 1 aromatic rings. The van der Waals surface area contributed by atoms with Crippen molar-refractivity contribution in [1.82, 2.24) is 16.0 Å². The third-order valence-corrected chi connectivity index (χ3v) is 10.1. The summed E-state index contributed by atoms with van der Waals surface area (Å²) < 4.78 is 25.2. The Morgan fingerprint density at radius 1 is 0.733 bits per heavy atom. The van der Waals surface area contributed by atoms with Crippen LogP contribution < -0.4 is 16.0 Å². The van der Waals surface area contributed by atoms with Crippen LogP contribution in [0, 0.1) is 5.92 Å². The normalized spacial score (nSPS) is 13.6. The Balaban J connectivity index is 3.17. The van der Waals surface area contributed by atoms with Crippen LogP contribution in [-0.2, 0) is 29.0 Å². The molecule has 0 heterocycles. The van der Waals surface area contributed by atoms with Crippen molar-refractivity contribution < 1.29 is 47.4 Å². The van der Waals surface area contributed by atoms with E-state index in [0.717, 1.165) is 0 Å². The topological polar surface area (TPSA) is 213 Å². The molecule has 5 N–H and O–H groups in total. The minimum absolute atomic E-state index is 0.0440. The molecule has 0 aliphatic carbocycles. The maximum absolute atomic E-state index is 13.3. The molecule has 45 heavy (non-hydrogen) atoms. The van der Waals surface area contributed by atoms with E-state index in [-0.39, 0.29) is 46.8 Å². The van der Waals surface area contributed by atoms with Crippen molar-refractivity contribution in [3.05, 3.63) is 35.4 Å². The molecule has 0 fully saturated rings. The van der Waals surface area contributed by atoms with Crippen LogP contribution in [0.3, 0.4) is 0 Å². The lowest BCUT2D eigenvalue weighted by atomic mass is 9.99. The molecule has 0 saturated heterocycles. The summed E-state index contributed by atoms with van der Waals surface area (Å²) in [7, 11) is -3.51. The number of rotatable bonds is 20. The molecule has 0 spiro atoms. The molecule has 3 amide bonds. The highest BCUT2D eigenvalue weighted by Gasteiger charge is 2.30. The van der Waals surface area contributed by atoms with Crippen molar-refractivity contribution in [2.75, 3.05) is 11.5 Å². The van der Waals surface area contributed by atoms with Crippen molar-refractivity contribution in [3.8, 4) is 0 Å². The van der Waals surface area contributed by atoms with Gasteiger partial charge in [-0.15, -0.1) is 0 Å². The lowest BCUT2D eigenvalue weighted by Gasteiger charge is -2.23. The van der Waals surface area contributed by atoms with E-state index in [2.05, 4.69) is 16.0 Å². The molecule has 1 rings (SSSR count). The third kappa shape index (κ3) is 14.5. The van der Waals surface area contributed by atoms with Gasteiger partial charge < -0.3 is 26.2 Å². The first-order chi connectivity index (χ1) is 20.8. The van der Waals surface area contributed by atoms with Gasteiger partial charge in [-0.3, -0.25) is 28.8 Å². The average molecular weight is 672 g/mol. The second kappa shape index (κ2) is 18.5. The molecule has 0 aliphatic rings. The molecular weight excluding hydrogens is 626 g/mol. The maximum Gasteiger partial charge on any atom is 0.303 e. The monoisotopic (exact) mass is 671 g/mol. The number of benzene rings is 1. The van der Waals surface area contributed by atoms with E-state index in [1.165, 1.54) is 36.0 Å². The Morgan fingerprint density at radius 2 is 1.20 bits per heavy atom.